The van der Waals surface area contributed by atoms with Crippen LogP contribution in [0.5, 0.6) is 0 Å². The van der Waals surface area contributed by atoms with E-state index in [2.05, 4.69) is 32.2 Å². The number of fused-ring (bicyclic) bond motifs is 1. The summed E-state index contributed by atoms with van der Waals surface area (Å²) < 4.78 is 5.39. The van der Waals surface area contributed by atoms with Crippen LogP contribution < -0.4 is 11.1 Å². The number of ether oxygens (including phenoxy) is 1. The average Bonchev–Trinajstić information content (AvgIpc) is 2.86. The first-order chi connectivity index (χ1) is 8.16. The van der Waals surface area contributed by atoms with Crippen LogP contribution in [-0.4, -0.2) is 38.7 Å². The molecule has 2 aromatic heterocycles. The van der Waals surface area contributed by atoms with Gasteiger partial charge in [0.05, 0.1) is 18.5 Å². The summed E-state index contributed by atoms with van der Waals surface area (Å²) in [6.07, 6.45) is 2.52. The molecule has 0 aliphatic carbocycles. The number of nitrogens with one attached hydrogen (secondary N) is 2. The normalized spacial score (nSPS) is 24.3. The highest BCUT2D eigenvalue weighted by atomic mass is 16.5. The lowest BCUT2D eigenvalue weighted by molar-refractivity contribution is 0.185. The van der Waals surface area contributed by atoms with Gasteiger partial charge in [-0.15, -0.1) is 0 Å². The molecule has 1 atom stereocenters. The van der Waals surface area contributed by atoms with Crippen molar-refractivity contribution in [3.05, 3.63) is 6.33 Å². The van der Waals surface area contributed by atoms with Crippen molar-refractivity contribution in [2.45, 2.75) is 18.9 Å². The zero-order valence-corrected chi connectivity index (χ0v) is 9.53. The van der Waals surface area contributed by atoms with Crippen molar-refractivity contribution in [2.75, 3.05) is 24.3 Å². The SMILES string of the molecule is CC1(Nc2nc(N)nc3nc[nH]c23)CCOC1. The first-order valence-corrected chi connectivity index (χ1v) is 5.49. The van der Waals surface area contributed by atoms with Crippen molar-refractivity contribution in [2.24, 2.45) is 0 Å². The minimum atomic E-state index is -0.112. The van der Waals surface area contributed by atoms with Gasteiger partial charge in [0.25, 0.3) is 0 Å². The number of nitrogen functional groups attached to an aromatic ring is 1. The fourth-order valence-corrected chi connectivity index (χ4v) is 1.99. The highest BCUT2D eigenvalue weighted by Gasteiger charge is 2.30. The second kappa shape index (κ2) is 3.56. The summed E-state index contributed by atoms with van der Waals surface area (Å²) in [4.78, 5) is 15.3. The largest absolute Gasteiger partial charge is 0.379 e. The molecule has 3 rings (SSSR count). The van der Waals surface area contributed by atoms with Gasteiger partial charge in [0.15, 0.2) is 11.5 Å². The van der Waals surface area contributed by atoms with E-state index in [-0.39, 0.29) is 11.5 Å². The van der Waals surface area contributed by atoms with Crippen LogP contribution in [0.3, 0.4) is 0 Å². The number of aromatic amines is 1. The lowest BCUT2D eigenvalue weighted by Crippen LogP contribution is -2.35. The van der Waals surface area contributed by atoms with Crippen molar-refractivity contribution in [3.8, 4) is 0 Å². The molecule has 17 heavy (non-hydrogen) atoms. The van der Waals surface area contributed by atoms with E-state index in [9.17, 15) is 0 Å². The van der Waals surface area contributed by atoms with Crippen LogP contribution in [0.4, 0.5) is 11.8 Å². The fraction of sp³-hybridized carbons (Fsp3) is 0.500. The lowest BCUT2D eigenvalue weighted by atomic mass is 10.0. The summed E-state index contributed by atoms with van der Waals surface area (Å²) in [7, 11) is 0. The molecule has 1 unspecified atom stereocenters. The van der Waals surface area contributed by atoms with Crippen LogP contribution in [0.15, 0.2) is 6.33 Å². The number of imidazole rings is 1. The summed E-state index contributed by atoms with van der Waals surface area (Å²) >= 11 is 0. The first kappa shape index (κ1) is 10.3. The molecule has 90 valence electrons. The quantitative estimate of drug-likeness (QED) is 0.700. The molecule has 1 saturated heterocycles. The molecule has 0 bridgehead atoms. The Kier molecular flexibility index (Phi) is 2.15. The Hall–Kier alpha value is -1.89. The zero-order valence-electron chi connectivity index (χ0n) is 9.53. The molecule has 3 heterocycles. The van der Waals surface area contributed by atoms with Gasteiger partial charge in [-0.05, 0) is 13.3 Å². The van der Waals surface area contributed by atoms with E-state index in [4.69, 9.17) is 10.5 Å². The Bertz CT molecular complexity index is 545. The van der Waals surface area contributed by atoms with Crippen LogP contribution in [0, 0.1) is 0 Å². The molecular formula is C10H14N6O. The Morgan fingerprint density at radius 1 is 1.53 bits per heavy atom. The first-order valence-electron chi connectivity index (χ1n) is 5.49. The summed E-state index contributed by atoms with van der Waals surface area (Å²) in [6.45, 7) is 3.52. The third-order valence-electron chi connectivity index (χ3n) is 2.94. The maximum atomic E-state index is 5.65. The van der Waals surface area contributed by atoms with Crippen LogP contribution >= 0.6 is 0 Å². The zero-order chi connectivity index (χ0) is 11.9. The number of hydrogen-bond acceptors (Lipinski definition) is 6. The minimum absolute atomic E-state index is 0.112. The maximum absolute atomic E-state index is 5.65. The lowest BCUT2D eigenvalue weighted by Gasteiger charge is -2.24. The van der Waals surface area contributed by atoms with Crippen LogP contribution in [0.1, 0.15) is 13.3 Å². The van der Waals surface area contributed by atoms with Gasteiger partial charge >= 0.3 is 0 Å². The van der Waals surface area contributed by atoms with Crippen molar-refractivity contribution in [1.82, 2.24) is 19.9 Å². The highest BCUT2D eigenvalue weighted by Crippen LogP contribution is 2.26. The summed E-state index contributed by atoms with van der Waals surface area (Å²) in [5, 5.41) is 3.36. The summed E-state index contributed by atoms with van der Waals surface area (Å²) in [5.41, 5.74) is 6.88. The van der Waals surface area contributed by atoms with E-state index in [1.807, 2.05) is 0 Å². The van der Waals surface area contributed by atoms with Gasteiger partial charge in [-0.1, -0.05) is 0 Å². The van der Waals surface area contributed by atoms with Gasteiger partial charge in [0.1, 0.15) is 5.52 Å². The van der Waals surface area contributed by atoms with E-state index >= 15 is 0 Å². The molecule has 2 aromatic rings. The maximum Gasteiger partial charge on any atom is 0.224 e. The molecule has 0 amide bonds. The van der Waals surface area contributed by atoms with E-state index in [0.717, 1.165) is 18.5 Å². The Morgan fingerprint density at radius 2 is 2.41 bits per heavy atom. The summed E-state index contributed by atoms with van der Waals surface area (Å²) in [6, 6.07) is 0. The topological polar surface area (TPSA) is 102 Å². The van der Waals surface area contributed by atoms with E-state index < -0.39 is 0 Å². The average molecular weight is 234 g/mol. The van der Waals surface area contributed by atoms with Gasteiger partial charge in [-0.2, -0.15) is 9.97 Å². The number of aromatic nitrogens is 4. The molecule has 0 aromatic carbocycles. The molecular weight excluding hydrogens is 220 g/mol. The molecule has 0 saturated carbocycles. The minimum Gasteiger partial charge on any atom is -0.379 e. The van der Waals surface area contributed by atoms with Crippen molar-refractivity contribution >= 4 is 22.9 Å². The Morgan fingerprint density at radius 3 is 3.18 bits per heavy atom. The number of H-pyrrole nitrogens is 1. The molecule has 0 spiro atoms. The highest BCUT2D eigenvalue weighted by molar-refractivity contribution is 5.83. The second-order valence-corrected chi connectivity index (χ2v) is 4.52. The number of nitrogens with zero attached hydrogens (tertiary/aromatic N) is 3. The molecule has 1 aliphatic heterocycles. The van der Waals surface area contributed by atoms with Crippen molar-refractivity contribution < 1.29 is 4.74 Å². The van der Waals surface area contributed by atoms with E-state index in [0.29, 0.717) is 18.1 Å². The molecule has 1 aliphatic rings. The van der Waals surface area contributed by atoms with Gasteiger partial charge in [0.2, 0.25) is 5.95 Å². The second-order valence-electron chi connectivity index (χ2n) is 4.52. The smallest absolute Gasteiger partial charge is 0.224 e. The fourth-order valence-electron chi connectivity index (χ4n) is 1.99. The molecule has 1 fully saturated rings. The van der Waals surface area contributed by atoms with Gasteiger partial charge < -0.3 is 20.8 Å². The molecule has 7 nitrogen and oxygen atoms in total. The number of hydrogen-bond donors (Lipinski definition) is 3. The van der Waals surface area contributed by atoms with Gasteiger partial charge in [0, 0.05) is 6.61 Å². The van der Waals surface area contributed by atoms with Crippen LogP contribution in [0.2, 0.25) is 0 Å². The van der Waals surface area contributed by atoms with Crippen LogP contribution in [-0.2, 0) is 4.74 Å². The monoisotopic (exact) mass is 234 g/mol. The number of anilines is 2. The predicted molar refractivity (Wildman–Crippen MR) is 63.6 cm³/mol. The van der Waals surface area contributed by atoms with Gasteiger partial charge in [-0.25, -0.2) is 4.98 Å². The predicted octanol–water partition coefficient (Wildman–Crippen LogP) is 0.526. The number of nitrogens with two attached hydrogens (primary N) is 1. The molecule has 7 heteroatoms. The van der Waals surface area contributed by atoms with Gasteiger partial charge in [-0.3, -0.25) is 0 Å². The van der Waals surface area contributed by atoms with E-state index in [1.54, 1.807) is 6.33 Å². The molecule has 4 N–H and O–H groups in total. The third-order valence-corrected chi connectivity index (χ3v) is 2.94. The standard InChI is InChI=1S/C10H14N6O/c1-10(2-3-17-4-10)16-8-6-7(13-5-12-6)14-9(11)15-8/h5H,2-4H2,1H3,(H4,11,12,13,14,15,16). The molecule has 0 radical (unpaired) electrons. The number of rotatable bonds is 2. The van der Waals surface area contributed by atoms with E-state index in [1.165, 1.54) is 0 Å². The van der Waals surface area contributed by atoms with Crippen molar-refractivity contribution in [1.29, 1.82) is 0 Å². The summed E-state index contributed by atoms with van der Waals surface area (Å²) in [5.74, 6) is 0.896. The van der Waals surface area contributed by atoms with Crippen LogP contribution in [0.25, 0.3) is 11.2 Å². The third kappa shape index (κ3) is 1.78. The Balaban J connectivity index is 2.01. The van der Waals surface area contributed by atoms with Crippen molar-refractivity contribution in [3.63, 3.8) is 0 Å². The Labute approximate surface area is 97.8 Å².